The summed E-state index contributed by atoms with van der Waals surface area (Å²) >= 11 is 0. The average Bonchev–Trinajstić information content (AvgIpc) is 2.53. The summed E-state index contributed by atoms with van der Waals surface area (Å²) in [4.78, 5) is 11.2. The van der Waals surface area contributed by atoms with Gasteiger partial charge in [0.15, 0.2) is 6.29 Å². The predicted molar refractivity (Wildman–Crippen MR) is 78.1 cm³/mol. The molecular formula is C17H12F3NO2. The van der Waals surface area contributed by atoms with E-state index in [1.807, 2.05) is 6.07 Å². The van der Waals surface area contributed by atoms with Crippen molar-refractivity contribution in [3.63, 3.8) is 0 Å². The van der Waals surface area contributed by atoms with E-state index in [1.54, 1.807) is 18.2 Å². The van der Waals surface area contributed by atoms with Crippen LogP contribution in [0, 0.1) is 11.3 Å². The van der Waals surface area contributed by atoms with Gasteiger partial charge < -0.3 is 4.74 Å². The van der Waals surface area contributed by atoms with Crippen LogP contribution in [0.15, 0.2) is 36.4 Å². The van der Waals surface area contributed by atoms with Crippen LogP contribution in [0.3, 0.4) is 0 Å². The van der Waals surface area contributed by atoms with Crippen molar-refractivity contribution in [2.24, 2.45) is 0 Å². The van der Waals surface area contributed by atoms with E-state index < -0.39 is 11.7 Å². The third-order valence-electron chi connectivity index (χ3n) is 3.34. The minimum atomic E-state index is -4.52. The van der Waals surface area contributed by atoms with Gasteiger partial charge in [0.1, 0.15) is 5.75 Å². The Bertz CT molecular complexity index is 776. The van der Waals surface area contributed by atoms with E-state index in [0.717, 1.165) is 12.1 Å². The Morgan fingerprint density at radius 3 is 2.48 bits per heavy atom. The van der Waals surface area contributed by atoms with Crippen molar-refractivity contribution in [1.82, 2.24) is 0 Å². The van der Waals surface area contributed by atoms with E-state index in [2.05, 4.69) is 0 Å². The number of rotatable bonds is 4. The Hall–Kier alpha value is -2.81. The van der Waals surface area contributed by atoms with Crippen molar-refractivity contribution in [3.8, 4) is 22.9 Å². The summed E-state index contributed by atoms with van der Waals surface area (Å²) in [5, 5.41) is 8.77. The summed E-state index contributed by atoms with van der Waals surface area (Å²) in [6.07, 6.45) is -4.00. The third kappa shape index (κ3) is 3.51. The minimum absolute atomic E-state index is 0.0905. The molecule has 0 bridgehead atoms. The van der Waals surface area contributed by atoms with Gasteiger partial charge in [-0.25, -0.2) is 0 Å². The van der Waals surface area contributed by atoms with Gasteiger partial charge in [-0.1, -0.05) is 12.1 Å². The van der Waals surface area contributed by atoms with Crippen LogP contribution in [-0.2, 0) is 12.6 Å². The highest BCUT2D eigenvalue weighted by atomic mass is 19.4. The molecule has 0 aliphatic heterocycles. The summed E-state index contributed by atoms with van der Waals surface area (Å²) in [5.41, 5.74) is 0.489. The molecule has 2 rings (SSSR count). The van der Waals surface area contributed by atoms with Crippen LogP contribution in [0.25, 0.3) is 11.1 Å². The van der Waals surface area contributed by atoms with Gasteiger partial charge in [0.05, 0.1) is 25.2 Å². The number of halogens is 3. The molecule has 0 saturated carbocycles. The number of hydrogen-bond donors (Lipinski definition) is 0. The average molecular weight is 319 g/mol. The molecule has 0 fully saturated rings. The van der Waals surface area contributed by atoms with E-state index in [0.29, 0.717) is 28.7 Å². The first-order valence-corrected chi connectivity index (χ1v) is 6.61. The van der Waals surface area contributed by atoms with E-state index >= 15 is 0 Å². The van der Waals surface area contributed by atoms with E-state index in [9.17, 15) is 18.0 Å². The van der Waals surface area contributed by atoms with E-state index in [4.69, 9.17) is 10.00 Å². The molecule has 3 nitrogen and oxygen atoms in total. The fourth-order valence-electron chi connectivity index (χ4n) is 2.25. The standard InChI is InChI=1S/C17H12F3NO2/c1-23-16-5-2-11(6-7-21)8-15(16)14-4-3-13(17(18,19)20)9-12(14)10-22/h2-5,8-10H,6H2,1H3. The van der Waals surface area contributed by atoms with Crippen LogP contribution in [0.5, 0.6) is 5.75 Å². The number of nitrogens with zero attached hydrogens (tertiary/aromatic N) is 1. The smallest absolute Gasteiger partial charge is 0.416 e. The van der Waals surface area contributed by atoms with Gasteiger partial charge in [-0.3, -0.25) is 4.79 Å². The topological polar surface area (TPSA) is 50.1 Å². The number of nitriles is 1. The number of carbonyl (C=O) groups excluding carboxylic acids is 1. The first kappa shape index (κ1) is 16.6. The van der Waals surface area contributed by atoms with Crippen molar-refractivity contribution in [2.75, 3.05) is 7.11 Å². The Balaban J connectivity index is 2.64. The van der Waals surface area contributed by atoms with E-state index in [-0.39, 0.29) is 12.0 Å². The van der Waals surface area contributed by atoms with Crippen molar-refractivity contribution >= 4 is 6.29 Å². The number of ether oxygens (including phenoxy) is 1. The zero-order valence-electron chi connectivity index (χ0n) is 12.1. The van der Waals surface area contributed by atoms with Crippen molar-refractivity contribution < 1.29 is 22.7 Å². The van der Waals surface area contributed by atoms with Crippen LogP contribution in [0.1, 0.15) is 21.5 Å². The van der Waals surface area contributed by atoms with Crippen LogP contribution in [-0.4, -0.2) is 13.4 Å². The number of alkyl halides is 3. The summed E-state index contributed by atoms with van der Waals surface area (Å²) in [6.45, 7) is 0. The van der Waals surface area contributed by atoms with E-state index in [1.165, 1.54) is 13.2 Å². The Labute approximate surface area is 130 Å². The lowest BCUT2D eigenvalue weighted by Gasteiger charge is -2.14. The monoisotopic (exact) mass is 319 g/mol. The normalized spacial score (nSPS) is 10.9. The molecule has 0 atom stereocenters. The van der Waals surface area contributed by atoms with Gasteiger partial charge in [-0.15, -0.1) is 0 Å². The van der Waals surface area contributed by atoms with Gasteiger partial charge in [-0.2, -0.15) is 18.4 Å². The van der Waals surface area contributed by atoms with Gasteiger partial charge in [0.2, 0.25) is 0 Å². The second-order valence-electron chi connectivity index (χ2n) is 4.79. The Morgan fingerprint density at radius 1 is 1.17 bits per heavy atom. The van der Waals surface area contributed by atoms with Crippen LogP contribution >= 0.6 is 0 Å². The second kappa shape index (κ2) is 6.53. The maximum Gasteiger partial charge on any atom is 0.416 e. The second-order valence-corrected chi connectivity index (χ2v) is 4.79. The molecule has 0 amide bonds. The molecule has 2 aromatic rings. The first-order chi connectivity index (χ1) is 10.9. The largest absolute Gasteiger partial charge is 0.496 e. The lowest BCUT2D eigenvalue weighted by atomic mass is 9.95. The lowest BCUT2D eigenvalue weighted by molar-refractivity contribution is -0.137. The first-order valence-electron chi connectivity index (χ1n) is 6.61. The fourth-order valence-corrected chi connectivity index (χ4v) is 2.25. The predicted octanol–water partition coefficient (Wildman–Crippen LogP) is 4.26. The zero-order chi connectivity index (χ0) is 17.0. The van der Waals surface area contributed by atoms with Gasteiger partial charge in [-0.05, 0) is 35.4 Å². The van der Waals surface area contributed by atoms with Crippen molar-refractivity contribution in [1.29, 1.82) is 5.26 Å². The van der Waals surface area contributed by atoms with Crippen LogP contribution in [0.2, 0.25) is 0 Å². The molecule has 0 heterocycles. The highest BCUT2D eigenvalue weighted by molar-refractivity contribution is 5.89. The van der Waals surface area contributed by atoms with Gasteiger partial charge in [0, 0.05) is 11.1 Å². The van der Waals surface area contributed by atoms with Crippen LogP contribution in [0.4, 0.5) is 13.2 Å². The highest BCUT2D eigenvalue weighted by Gasteiger charge is 2.31. The van der Waals surface area contributed by atoms with Gasteiger partial charge >= 0.3 is 6.18 Å². The van der Waals surface area contributed by atoms with Crippen LogP contribution < -0.4 is 4.74 Å². The molecule has 0 aliphatic carbocycles. The quantitative estimate of drug-likeness (QED) is 0.791. The summed E-state index contributed by atoms with van der Waals surface area (Å²) < 4.78 is 43.5. The third-order valence-corrected chi connectivity index (χ3v) is 3.34. The number of aldehydes is 1. The Morgan fingerprint density at radius 2 is 1.91 bits per heavy atom. The number of hydrogen-bond acceptors (Lipinski definition) is 3. The molecule has 0 spiro atoms. The summed E-state index contributed by atoms with van der Waals surface area (Å²) in [7, 11) is 1.42. The molecule has 6 heteroatoms. The molecule has 0 aliphatic rings. The molecular weight excluding hydrogens is 307 g/mol. The summed E-state index contributed by atoms with van der Waals surface area (Å²) in [6, 6.07) is 9.90. The molecule has 0 aromatic heterocycles. The summed E-state index contributed by atoms with van der Waals surface area (Å²) in [5.74, 6) is 0.412. The Kier molecular flexibility index (Phi) is 4.70. The van der Waals surface area contributed by atoms with Gasteiger partial charge in [0.25, 0.3) is 0 Å². The highest BCUT2D eigenvalue weighted by Crippen LogP contribution is 2.36. The molecule has 0 radical (unpaired) electrons. The zero-order valence-corrected chi connectivity index (χ0v) is 12.1. The SMILES string of the molecule is COc1ccc(CC#N)cc1-c1ccc(C(F)(F)F)cc1C=O. The number of methoxy groups -OCH3 is 1. The maximum atomic E-state index is 12.8. The molecule has 23 heavy (non-hydrogen) atoms. The lowest BCUT2D eigenvalue weighted by Crippen LogP contribution is -2.06. The fraction of sp³-hybridized carbons (Fsp3) is 0.176. The van der Waals surface area contributed by atoms with Crippen molar-refractivity contribution in [3.05, 3.63) is 53.1 Å². The molecule has 0 unspecified atom stereocenters. The van der Waals surface area contributed by atoms with Crippen molar-refractivity contribution in [2.45, 2.75) is 12.6 Å². The minimum Gasteiger partial charge on any atom is -0.496 e. The number of carbonyl (C=O) groups is 1. The molecule has 2 aromatic carbocycles. The number of benzene rings is 2. The molecule has 0 saturated heterocycles. The maximum absolute atomic E-state index is 12.8. The molecule has 0 N–H and O–H groups in total. The molecule has 118 valence electrons.